The van der Waals surface area contributed by atoms with E-state index in [0.29, 0.717) is 12.3 Å². The van der Waals surface area contributed by atoms with E-state index in [1.54, 1.807) is 19.2 Å². The van der Waals surface area contributed by atoms with Gasteiger partial charge in [-0.1, -0.05) is 18.2 Å². The number of ether oxygens (including phenoxy) is 2. The number of methoxy groups -OCH3 is 2. The molecule has 0 saturated carbocycles. The fraction of sp³-hybridized carbons (Fsp3) is 0.333. The summed E-state index contributed by atoms with van der Waals surface area (Å²) in [5, 5.41) is 5.30. The van der Waals surface area contributed by atoms with Crippen LogP contribution in [0.4, 0.5) is 0 Å². The summed E-state index contributed by atoms with van der Waals surface area (Å²) in [4.78, 5) is 2.35. The highest BCUT2D eigenvalue weighted by molar-refractivity contribution is 7.89. The summed E-state index contributed by atoms with van der Waals surface area (Å²) in [6, 6.07) is 11.4. The van der Waals surface area contributed by atoms with Crippen molar-refractivity contribution < 1.29 is 17.9 Å². The molecule has 0 aliphatic carbocycles. The molecule has 0 bridgehead atoms. The van der Waals surface area contributed by atoms with Crippen LogP contribution >= 0.6 is 0 Å². The minimum Gasteiger partial charge on any atom is -0.496 e. The Morgan fingerprint density at radius 1 is 1.08 bits per heavy atom. The second-order valence-corrected chi connectivity index (χ2v) is 7.62. The van der Waals surface area contributed by atoms with Gasteiger partial charge in [-0.05, 0) is 35.7 Å². The molecule has 0 aromatic heterocycles. The highest BCUT2D eigenvalue weighted by Gasteiger charge is 2.23. The van der Waals surface area contributed by atoms with E-state index in [-0.39, 0.29) is 4.90 Å². The molecule has 2 aromatic carbocycles. The van der Waals surface area contributed by atoms with E-state index < -0.39 is 10.0 Å². The zero-order valence-electron chi connectivity index (χ0n) is 14.4. The molecule has 2 N–H and O–H groups in total. The number of benzene rings is 2. The van der Waals surface area contributed by atoms with Crippen molar-refractivity contribution in [2.24, 2.45) is 5.14 Å². The van der Waals surface area contributed by atoms with Crippen molar-refractivity contribution in [3.63, 3.8) is 0 Å². The predicted molar refractivity (Wildman–Crippen MR) is 95.2 cm³/mol. The van der Waals surface area contributed by atoms with E-state index in [1.807, 2.05) is 18.2 Å². The molecule has 1 heterocycles. The number of fused-ring (bicyclic) bond motifs is 1. The third kappa shape index (κ3) is 3.78. The summed E-state index contributed by atoms with van der Waals surface area (Å²) in [6.07, 6.45) is 0.761. The van der Waals surface area contributed by atoms with Crippen LogP contribution in [-0.2, 0) is 29.5 Å². The van der Waals surface area contributed by atoms with Gasteiger partial charge in [-0.25, -0.2) is 13.6 Å². The smallest absolute Gasteiger partial charge is 0.241 e. The molecule has 0 unspecified atom stereocenters. The second-order valence-electron chi connectivity index (χ2n) is 6.09. The first-order valence-electron chi connectivity index (χ1n) is 7.99. The molecule has 134 valence electrons. The molecule has 0 spiro atoms. The van der Waals surface area contributed by atoms with Crippen molar-refractivity contribution in [3.8, 4) is 11.5 Å². The Bertz CT molecular complexity index is 881. The quantitative estimate of drug-likeness (QED) is 0.879. The van der Waals surface area contributed by atoms with Crippen molar-refractivity contribution in [2.45, 2.75) is 24.4 Å². The lowest BCUT2D eigenvalue weighted by Gasteiger charge is -2.30. The van der Waals surface area contributed by atoms with Gasteiger partial charge in [-0.2, -0.15) is 0 Å². The van der Waals surface area contributed by atoms with Crippen molar-refractivity contribution in [1.82, 2.24) is 4.90 Å². The Morgan fingerprint density at radius 2 is 1.80 bits per heavy atom. The SMILES string of the molecule is COc1ccccc1CN1CCc2cc(S(N)(=O)=O)c(OC)cc2C1. The Kier molecular flexibility index (Phi) is 4.99. The molecule has 25 heavy (non-hydrogen) atoms. The number of hydrogen-bond acceptors (Lipinski definition) is 5. The number of hydrogen-bond donors (Lipinski definition) is 1. The Labute approximate surface area is 148 Å². The molecule has 6 nitrogen and oxygen atoms in total. The summed E-state index contributed by atoms with van der Waals surface area (Å²) >= 11 is 0. The summed E-state index contributed by atoms with van der Waals surface area (Å²) in [6.45, 7) is 2.32. The van der Waals surface area contributed by atoms with Gasteiger partial charge in [0.25, 0.3) is 0 Å². The molecule has 3 rings (SSSR count). The van der Waals surface area contributed by atoms with Gasteiger partial charge in [0.05, 0.1) is 14.2 Å². The molecular weight excluding hydrogens is 340 g/mol. The van der Waals surface area contributed by atoms with Crippen LogP contribution in [-0.4, -0.2) is 34.1 Å². The molecule has 0 saturated heterocycles. The Morgan fingerprint density at radius 3 is 2.48 bits per heavy atom. The van der Waals surface area contributed by atoms with Crippen LogP contribution in [0.1, 0.15) is 16.7 Å². The van der Waals surface area contributed by atoms with Crippen LogP contribution in [0.2, 0.25) is 0 Å². The molecule has 1 aliphatic heterocycles. The van der Waals surface area contributed by atoms with Gasteiger partial charge >= 0.3 is 0 Å². The van der Waals surface area contributed by atoms with Gasteiger partial charge < -0.3 is 9.47 Å². The zero-order chi connectivity index (χ0) is 18.0. The average molecular weight is 362 g/mol. The lowest BCUT2D eigenvalue weighted by atomic mass is 9.99. The Hall–Kier alpha value is -2.09. The second kappa shape index (κ2) is 7.03. The average Bonchev–Trinajstić information content (AvgIpc) is 2.60. The van der Waals surface area contributed by atoms with E-state index in [1.165, 1.54) is 7.11 Å². The zero-order valence-corrected chi connectivity index (χ0v) is 15.2. The van der Waals surface area contributed by atoms with E-state index in [0.717, 1.165) is 42.0 Å². The molecule has 2 aromatic rings. The van der Waals surface area contributed by atoms with Gasteiger partial charge in [-0.3, -0.25) is 4.90 Å². The summed E-state index contributed by atoms with van der Waals surface area (Å²) < 4.78 is 34.1. The summed E-state index contributed by atoms with van der Waals surface area (Å²) in [7, 11) is -0.684. The predicted octanol–water partition coefficient (Wildman–Crippen LogP) is 1.91. The van der Waals surface area contributed by atoms with Crippen LogP contribution in [0.15, 0.2) is 41.3 Å². The normalized spacial score (nSPS) is 14.8. The van der Waals surface area contributed by atoms with E-state index in [9.17, 15) is 8.42 Å². The van der Waals surface area contributed by atoms with Crippen molar-refractivity contribution in [3.05, 3.63) is 53.1 Å². The number of para-hydroxylation sites is 1. The van der Waals surface area contributed by atoms with Crippen molar-refractivity contribution >= 4 is 10.0 Å². The summed E-state index contributed by atoms with van der Waals surface area (Å²) in [5.74, 6) is 1.16. The van der Waals surface area contributed by atoms with Gasteiger partial charge in [0.15, 0.2) is 0 Å². The van der Waals surface area contributed by atoms with E-state index >= 15 is 0 Å². The van der Waals surface area contributed by atoms with Crippen molar-refractivity contribution in [2.75, 3.05) is 20.8 Å². The van der Waals surface area contributed by atoms with Crippen LogP contribution in [0.3, 0.4) is 0 Å². The van der Waals surface area contributed by atoms with E-state index in [2.05, 4.69) is 11.0 Å². The van der Waals surface area contributed by atoms with E-state index in [4.69, 9.17) is 14.6 Å². The minimum absolute atomic E-state index is 0.0481. The molecule has 0 fully saturated rings. The third-order valence-corrected chi connectivity index (χ3v) is 5.40. The minimum atomic E-state index is -3.81. The monoisotopic (exact) mass is 362 g/mol. The number of sulfonamides is 1. The fourth-order valence-corrected chi connectivity index (χ4v) is 3.94. The molecule has 0 radical (unpaired) electrons. The topological polar surface area (TPSA) is 81.9 Å². The summed E-state index contributed by atoms with van der Waals surface area (Å²) in [5.41, 5.74) is 3.19. The highest BCUT2D eigenvalue weighted by atomic mass is 32.2. The number of nitrogens with two attached hydrogens (primary N) is 1. The van der Waals surface area contributed by atoms with Gasteiger partial charge in [0, 0.05) is 25.2 Å². The molecule has 1 aliphatic rings. The van der Waals surface area contributed by atoms with Crippen LogP contribution < -0.4 is 14.6 Å². The molecule has 0 atom stereocenters. The number of primary sulfonamides is 1. The third-order valence-electron chi connectivity index (χ3n) is 4.47. The largest absolute Gasteiger partial charge is 0.496 e. The van der Waals surface area contributed by atoms with Crippen LogP contribution in [0, 0.1) is 0 Å². The molecular formula is C18H22N2O4S. The van der Waals surface area contributed by atoms with Crippen LogP contribution in [0.25, 0.3) is 0 Å². The first-order chi connectivity index (χ1) is 11.9. The first-order valence-corrected chi connectivity index (χ1v) is 9.54. The highest BCUT2D eigenvalue weighted by Crippen LogP contribution is 2.31. The Balaban J connectivity index is 1.86. The van der Waals surface area contributed by atoms with Gasteiger partial charge in [0.1, 0.15) is 16.4 Å². The number of rotatable bonds is 5. The maximum atomic E-state index is 11.7. The maximum Gasteiger partial charge on any atom is 0.241 e. The van der Waals surface area contributed by atoms with Crippen molar-refractivity contribution in [1.29, 1.82) is 0 Å². The first kappa shape index (κ1) is 17.7. The van der Waals surface area contributed by atoms with Gasteiger partial charge in [-0.15, -0.1) is 0 Å². The maximum absolute atomic E-state index is 11.7. The molecule has 7 heteroatoms. The van der Waals surface area contributed by atoms with Crippen LogP contribution in [0.5, 0.6) is 11.5 Å². The lowest BCUT2D eigenvalue weighted by Crippen LogP contribution is -2.30. The fourth-order valence-electron chi connectivity index (χ4n) is 3.21. The molecule has 0 amide bonds. The lowest BCUT2D eigenvalue weighted by molar-refractivity contribution is 0.241. The number of nitrogens with zero attached hydrogens (tertiary/aromatic N) is 1. The van der Waals surface area contributed by atoms with Gasteiger partial charge in [0.2, 0.25) is 10.0 Å². The standard InChI is InChI=1S/C18H22N2O4S/c1-23-16-6-4-3-5-14(16)11-20-8-7-13-10-18(25(19,21)22)17(24-2)9-15(13)12-20/h3-6,9-10H,7-8,11-12H2,1-2H3,(H2,19,21,22).